The van der Waals surface area contributed by atoms with E-state index >= 15 is 0 Å². The predicted molar refractivity (Wildman–Crippen MR) is 75.3 cm³/mol. The first-order valence-electron chi connectivity index (χ1n) is 6.54. The first-order chi connectivity index (χ1) is 11.3. The van der Waals surface area contributed by atoms with E-state index < -0.39 is 24.0 Å². The van der Waals surface area contributed by atoms with Crippen LogP contribution in [0.5, 0.6) is 5.75 Å². The third kappa shape index (κ3) is 5.00. The van der Waals surface area contributed by atoms with Gasteiger partial charge in [-0.1, -0.05) is 0 Å². The van der Waals surface area contributed by atoms with E-state index in [4.69, 9.17) is 0 Å². The number of rotatable bonds is 5. The molecule has 10 heteroatoms. The minimum Gasteiger partial charge on any atom is -0.464 e. The summed E-state index contributed by atoms with van der Waals surface area (Å²) in [4.78, 5) is 23.1. The van der Waals surface area contributed by atoms with Gasteiger partial charge in [0.1, 0.15) is 12.3 Å². The number of nitrogens with zero attached hydrogens (tertiary/aromatic N) is 2. The molecule has 1 aromatic heterocycles. The molecule has 1 aromatic carbocycles. The molecular formula is C14H12F3N3O4. The van der Waals surface area contributed by atoms with Crippen molar-refractivity contribution in [3.63, 3.8) is 0 Å². The zero-order valence-corrected chi connectivity index (χ0v) is 12.3. The van der Waals surface area contributed by atoms with Gasteiger partial charge < -0.3 is 14.8 Å². The molecule has 2 rings (SSSR count). The smallest absolute Gasteiger partial charge is 0.464 e. The number of aromatic nitrogens is 2. The van der Waals surface area contributed by atoms with Crippen LogP contribution in [0, 0.1) is 0 Å². The quantitative estimate of drug-likeness (QED) is 0.842. The van der Waals surface area contributed by atoms with Crippen molar-refractivity contribution < 1.29 is 32.2 Å². The third-order valence-corrected chi connectivity index (χ3v) is 2.71. The fourth-order valence-electron chi connectivity index (χ4n) is 1.75. The Morgan fingerprint density at radius 1 is 1.21 bits per heavy atom. The van der Waals surface area contributed by atoms with E-state index in [9.17, 15) is 22.8 Å². The molecule has 0 unspecified atom stereocenters. The Balaban J connectivity index is 1.92. The Kier molecular flexibility index (Phi) is 5.07. The highest BCUT2D eigenvalue weighted by molar-refractivity contribution is 5.90. The maximum atomic E-state index is 12.0. The molecule has 0 spiro atoms. The molecule has 0 radical (unpaired) electrons. The lowest BCUT2D eigenvalue weighted by Gasteiger charge is -2.10. The maximum Gasteiger partial charge on any atom is 0.573 e. The van der Waals surface area contributed by atoms with Crippen molar-refractivity contribution in [3.8, 4) is 5.75 Å². The normalized spacial score (nSPS) is 11.0. The molecule has 0 saturated heterocycles. The number of amides is 1. The highest BCUT2D eigenvalue weighted by Gasteiger charge is 2.30. The van der Waals surface area contributed by atoms with Crippen LogP contribution >= 0.6 is 0 Å². The molecule has 24 heavy (non-hydrogen) atoms. The number of methoxy groups -OCH3 is 1. The Hall–Kier alpha value is -3.04. The number of hydrogen-bond donors (Lipinski definition) is 1. The first kappa shape index (κ1) is 17.3. The van der Waals surface area contributed by atoms with Gasteiger partial charge in [0.2, 0.25) is 5.91 Å². The summed E-state index contributed by atoms with van der Waals surface area (Å²) in [6.45, 7) is -0.183. The lowest BCUT2D eigenvalue weighted by molar-refractivity contribution is -0.274. The SMILES string of the molecule is COC(=O)c1ccn(CC(=O)Nc2ccc(OC(F)(F)F)cc2)n1. The van der Waals surface area contributed by atoms with Gasteiger partial charge in [0, 0.05) is 11.9 Å². The lowest BCUT2D eigenvalue weighted by atomic mass is 10.3. The van der Waals surface area contributed by atoms with Crippen molar-refractivity contribution >= 4 is 17.6 Å². The first-order valence-corrected chi connectivity index (χ1v) is 6.54. The Labute approximate surface area is 134 Å². The van der Waals surface area contributed by atoms with Crippen molar-refractivity contribution in [3.05, 3.63) is 42.2 Å². The van der Waals surface area contributed by atoms with Crippen LogP contribution in [-0.4, -0.2) is 35.1 Å². The highest BCUT2D eigenvalue weighted by atomic mass is 19.4. The zero-order chi connectivity index (χ0) is 17.7. The molecule has 0 aliphatic carbocycles. The number of anilines is 1. The zero-order valence-electron chi connectivity index (χ0n) is 12.3. The van der Waals surface area contributed by atoms with Crippen LogP contribution in [0.4, 0.5) is 18.9 Å². The molecule has 1 N–H and O–H groups in total. The summed E-state index contributed by atoms with van der Waals surface area (Å²) in [5, 5.41) is 6.33. The van der Waals surface area contributed by atoms with Gasteiger partial charge in [-0.15, -0.1) is 13.2 Å². The van der Waals surface area contributed by atoms with Crippen LogP contribution in [-0.2, 0) is 16.1 Å². The van der Waals surface area contributed by atoms with Crippen LogP contribution in [0.15, 0.2) is 36.5 Å². The summed E-state index contributed by atoms with van der Waals surface area (Å²) < 4.78 is 45.6. The maximum absolute atomic E-state index is 12.0. The number of nitrogens with one attached hydrogen (secondary N) is 1. The number of carbonyl (C=O) groups excluding carboxylic acids is 2. The summed E-state index contributed by atoms with van der Waals surface area (Å²) in [6, 6.07) is 6.07. The van der Waals surface area contributed by atoms with E-state index in [-0.39, 0.29) is 17.9 Å². The van der Waals surface area contributed by atoms with Gasteiger partial charge in [-0.05, 0) is 30.3 Å². The summed E-state index contributed by atoms with van der Waals surface area (Å²) in [5.41, 5.74) is 0.342. The molecule has 1 heterocycles. The minimum absolute atomic E-state index is 0.0546. The number of benzene rings is 1. The van der Waals surface area contributed by atoms with Crippen molar-refractivity contribution in [2.75, 3.05) is 12.4 Å². The van der Waals surface area contributed by atoms with Crippen LogP contribution < -0.4 is 10.1 Å². The topological polar surface area (TPSA) is 82.5 Å². The average molecular weight is 343 g/mol. The molecule has 0 fully saturated rings. The van der Waals surface area contributed by atoms with Crippen LogP contribution in [0.3, 0.4) is 0 Å². The molecular weight excluding hydrogens is 331 g/mol. The largest absolute Gasteiger partial charge is 0.573 e. The van der Waals surface area contributed by atoms with E-state index in [2.05, 4.69) is 19.9 Å². The Bertz CT molecular complexity index is 726. The summed E-state index contributed by atoms with van der Waals surface area (Å²) in [6.07, 6.45) is -3.35. The molecule has 1 amide bonds. The van der Waals surface area contributed by atoms with Crippen LogP contribution in [0.2, 0.25) is 0 Å². The van der Waals surface area contributed by atoms with Crippen molar-refractivity contribution in [1.82, 2.24) is 9.78 Å². The van der Waals surface area contributed by atoms with Gasteiger partial charge in [0.25, 0.3) is 0 Å². The fraction of sp³-hybridized carbons (Fsp3) is 0.214. The number of halogens is 3. The van der Waals surface area contributed by atoms with Crippen molar-refractivity contribution in [2.24, 2.45) is 0 Å². The minimum atomic E-state index is -4.78. The summed E-state index contributed by atoms with van der Waals surface area (Å²) >= 11 is 0. The molecule has 0 bridgehead atoms. The Morgan fingerprint density at radius 3 is 2.46 bits per heavy atom. The summed E-state index contributed by atoms with van der Waals surface area (Å²) in [7, 11) is 1.21. The Morgan fingerprint density at radius 2 is 1.88 bits per heavy atom. The number of esters is 1. The van der Waals surface area contributed by atoms with E-state index in [0.29, 0.717) is 0 Å². The van der Waals surface area contributed by atoms with Gasteiger partial charge in [-0.3, -0.25) is 9.48 Å². The monoisotopic (exact) mass is 343 g/mol. The number of ether oxygens (including phenoxy) is 2. The van der Waals surface area contributed by atoms with Crippen molar-refractivity contribution in [1.29, 1.82) is 0 Å². The lowest BCUT2D eigenvalue weighted by Crippen LogP contribution is -2.19. The van der Waals surface area contributed by atoms with Gasteiger partial charge in [-0.2, -0.15) is 5.10 Å². The molecule has 0 atom stereocenters. The van der Waals surface area contributed by atoms with Gasteiger partial charge in [0.15, 0.2) is 5.69 Å². The predicted octanol–water partition coefficient (Wildman–Crippen LogP) is 2.21. The van der Waals surface area contributed by atoms with Gasteiger partial charge in [-0.25, -0.2) is 4.79 Å². The second kappa shape index (κ2) is 7.02. The van der Waals surface area contributed by atoms with Crippen LogP contribution in [0.25, 0.3) is 0 Å². The standard InChI is InChI=1S/C14H12F3N3O4/c1-23-13(22)11-6-7-20(19-11)8-12(21)18-9-2-4-10(5-3-9)24-14(15,16)17/h2-7H,8H2,1H3,(H,18,21). The molecule has 0 aliphatic rings. The van der Waals surface area contributed by atoms with E-state index in [0.717, 1.165) is 12.1 Å². The van der Waals surface area contributed by atoms with E-state index in [1.165, 1.54) is 36.2 Å². The fourth-order valence-corrected chi connectivity index (χ4v) is 1.75. The van der Waals surface area contributed by atoms with Crippen molar-refractivity contribution in [2.45, 2.75) is 12.9 Å². The number of carbonyl (C=O) groups is 2. The third-order valence-electron chi connectivity index (χ3n) is 2.71. The highest BCUT2D eigenvalue weighted by Crippen LogP contribution is 2.23. The van der Waals surface area contributed by atoms with Gasteiger partial charge in [0.05, 0.1) is 7.11 Å². The second-order valence-corrected chi connectivity index (χ2v) is 4.51. The van der Waals surface area contributed by atoms with Gasteiger partial charge >= 0.3 is 12.3 Å². The molecule has 0 saturated carbocycles. The average Bonchev–Trinajstić information content (AvgIpc) is 2.95. The summed E-state index contributed by atoms with van der Waals surface area (Å²) in [5.74, 6) is -1.50. The van der Waals surface area contributed by atoms with Crippen LogP contribution in [0.1, 0.15) is 10.5 Å². The molecule has 0 aliphatic heterocycles. The van der Waals surface area contributed by atoms with E-state index in [1.807, 2.05) is 0 Å². The molecule has 128 valence electrons. The number of hydrogen-bond acceptors (Lipinski definition) is 5. The number of alkyl halides is 3. The molecule has 2 aromatic rings. The van der Waals surface area contributed by atoms with E-state index in [1.54, 1.807) is 0 Å². The second-order valence-electron chi connectivity index (χ2n) is 4.51. The molecule has 7 nitrogen and oxygen atoms in total.